The van der Waals surface area contributed by atoms with Gasteiger partial charge >= 0.3 is 0 Å². The molecule has 0 aliphatic carbocycles. The number of nitrogens with two attached hydrogens (primary N) is 1. The number of hydrogen-bond donors (Lipinski definition) is 2. The molecule has 3 atom stereocenters. The van der Waals surface area contributed by atoms with Crippen molar-refractivity contribution >= 4 is 22.5 Å². The van der Waals surface area contributed by atoms with E-state index in [-0.39, 0.29) is 11.8 Å². The van der Waals surface area contributed by atoms with Crippen molar-refractivity contribution in [3.63, 3.8) is 0 Å². The Bertz CT molecular complexity index is 869. The second kappa shape index (κ2) is 14.7. The zero-order chi connectivity index (χ0) is 25.0. The molecule has 0 fully saturated rings. The highest BCUT2D eigenvalue weighted by atomic mass is 16.5. The molecule has 0 radical (unpaired) electrons. The Morgan fingerprint density at radius 1 is 1.06 bits per heavy atom. The molecule has 6 heteroatoms. The molecule has 1 heterocycles. The minimum atomic E-state index is -0.105. The summed E-state index contributed by atoms with van der Waals surface area (Å²) < 4.78 is 10.7. The van der Waals surface area contributed by atoms with Crippen LogP contribution in [0.2, 0.25) is 0 Å². The molecule has 1 aromatic heterocycles. The van der Waals surface area contributed by atoms with Gasteiger partial charge in [0.2, 0.25) is 5.91 Å². The van der Waals surface area contributed by atoms with Gasteiger partial charge in [-0.1, -0.05) is 53.9 Å². The first-order chi connectivity index (χ1) is 15.8. The van der Waals surface area contributed by atoms with Crippen molar-refractivity contribution in [2.45, 2.75) is 92.0 Å². The van der Waals surface area contributed by atoms with E-state index in [9.17, 15) is 4.79 Å². The van der Waals surface area contributed by atoms with Crippen LogP contribution >= 0.6 is 0 Å². The number of carbonyl (C=O) groups excluding carboxylic acids is 1. The van der Waals surface area contributed by atoms with Crippen LogP contribution in [0, 0.1) is 5.92 Å². The molecule has 6 nitrogen and oxygen atoms in total. The summed E-state index contributed by atoms with van der Waals surface area (Å²) in [7, 11) is 3.21. The number of pyridine rings is 1. The Balaban J connectivity index is 0.000000420. The maximum atomic E-state index is 11.5. The number of nitrogens with one attached hydrogen (secondary N) is 1. The summed E-state index contributed by atoms with van der Waals surface area (Å²) >= 11 is 0. The summed E-state index contributed by atoms with van der Waals surface area (Å²) in [4.78, 5) is 15.9. The number of ether oxygens (including phenoxy) is 2. The number of nitrogens with zero attached hydrogens (tertiary/aromatic N) is 1. The van der Waals surface area contributed by atoms with E-state index in [1.807, 2.05) is 12.1 Å². The smallest absolute Gasteiger partial charge is 0.221 e. The SMILES string of the molecule is CCC(C)c1c(NC(C)=O)cnc2cc(OC)c(OC)cc12.CCCC(CC)CC(N)CC. The van der Waals surface area contributed by atoms with Gasteiger partial charge in [0, 0.05) is 24.4 Å². The number of methoxy groups -OCH3 is 2. The number of rotatable bonds is 11. The average molecular weight is 460 g/mol. The molecule has 3 N–H and O–H groups in total. The average Bonchev–Trinajstić information content (AvgIpc) is 2.82. The molecule has 0 saturated carbocycles. The fourth-order valence-electron chi connectivity index (χ4n) is 4.06. The molecule has 1 amide bonds. The van der Waals surface area contributed by atoms with Gasteiger partial charge in [0.15, 0.2) is 11.5 Å². The van der Waals surface area contributed by atoms with Crippen LogP contribution in [0.15, 0.2) is 18.3 Å². The van der Waals surface area contributed by atoms with Crippen LogP contribution < -0.4 is 20.5 Å². The van der Waals surface area contributed by atoms with Gasteiger partial charge in [-0.3, -0.25) is 9.78 Å². The number of fused-ring (bicyclic) bond motifs is 1. The van der Waals surface area contributed by atoms with Gasteiger partial charge in [-0.25, -0.2) is 0 Å². The van der Waals surface area contributed by atoms with Gasteiger partial charge in [-0.05, 0) is 42.7 Å². The molecule has 3 unspecified atom stereocenters. The normalized spacial score (nSPS) is 13.5. The van der Waals surface area contributed by atoms with Crippen molar-refractivity contribution in [2.75, 3.05) is 19.5 Å². The molecule has 1 aromatic carbocycles. The number of amides is 1. The Labute approximate surface area is 200 Å². The summed E-state index contributed by atoms with van der Waals surface area (Å²) in [6.45, 7) is 12.4. The molecular formula is C27H45N3O3. The van der Waals surface area contributed by atoms with Gasteiger partial charge in [0.05, 0.1) is 31.6 Å². The zero-order valence-electron chi connectivity index (χ0n) is 22.0. The molecule has 33 heavy (non-hydrogen) atoms. The third kappa shape index (κ3) is 8.50. The van der Waals surface area contributed by atoms with Crippen LogP contribution in [0.5, 0.6) is 11.5 Å². The molecule has 2 aromatic rings. The topological polar surface area (TPSA) is 86.5 Å². The molecule has 2 rings (SSSR count). The molecular weight excluding hydrogens is 414 g/mol. The first-order valence-corrected chi connectivity index (χ1v) is 12.3. The van der Waals surface area contributed by atoms with E-state index in [0.717, 1.165) is 40.9 Å². The van der Waals surface area contributed by atoms with Crippen LogP contribution in [-0.4, -0.2) is 31.2 Å². The number of aromatic nitrogens is 1. The van der Waals surface area contributed by atoms with Crippen LogP contribution in [-0.2, 0) is 4.79 Å². The second-order valence-electron chi connectivity index (χ2n) is 8.77. The summed E-state index contributed by atoms with van der Waals surface area (Å²) in [5.41, 5.74) is 8.53. The van der Waals surface area contributed by atoms with Crippen LogP contribution in [0.3, 0.4) is 0 Å². The zero-order valence-corrected chi connectivity index (χ0v) is 22.0. The second-order valence-corrected chi connectivity index (χ2v) is 8.77. The largest absolute Gasteiger partial charge is 0.493 e. The lowest BCUT2D eigenvalue weighted by atomic mass is 9.92. The number of benzene rings is 1. The Morgan fingerprint density at radius 3 is 2.18 bits per heavy atom. The van der Waals surface area contributed by atoms with E-state index in [2.05, 4.69) is 44.9 Å². The summed E-state index contributed by atoms with van der Waals surface area (Å²) in [5.74, 6) is 2.35. The van der Waals surface area contributed by atoms with E-state index in [4.69, 9.17) is 15.2 Å². The lowest BCUT2D eigenvalue weighted by Gasteiger charge is -2.19. The molecule has 0 aliphatic heterocycles. The first kappa shape index (κ1) is 28.7. The Hall–Kier alpha value is -2.34. The fraction of sp³-hybridized carbons (Fsp3) is 0.630. The summed E-state index contributed by atoms with van der Waals surface area (Å²) in [6, 6.07) is 4.22. The van der Waals surface area contributed by atoms with Crippen LogP contribution in [0.25, 0.3) is 10.9 Å². The predicted molar refractivity (Wildman–Crippen MR) is 139 cm³/mol. The van der Waals surface area contributed by atoms with E-state index >= 15 is 0 Å². The molecule has 0 aliphatic rings. The van der Waals surface area contributed by atoms with Crippen LogP contribution in [0.4, 0.5) is 5.69 Å². The number of carbonyl (C=O) groups is 1. The summed E-state index contributed by atoms with van der Waals surface area (Å²) in [6.07, 6.45) is 8.96. The van der Waals surface area contributed by atoms with Gasteiger partial charge < -0.3 is 20.5 Å². The number of hydrogen-bond acceptors (Lipinski definition) is 5. The van der Waals surface area contributed by atoms with Crippen molar-refractivity contribution in [2.24, 2.45) is 11.7 Å². The molecule has 0 spiro atoms. The first-order valence-electron chi connectivity index (χ1n) is 12.3. The lowest BCUT2D eigenvalue weighted by Crippen LogP contribution is -2.22. The Morgan fingerprint density at radius 2 is 1.70 bits per heavy atom. The molecule has 186 valence electrons. The van der Waals surface area contributed by atoms with Gasteiger partial charge in [0.25, 0.3) is 0 Å². The van der Waals surface area contributed by atoms with Crippen molar-refractivity contribution in [3.8, 4) is 11.5 Å². The third-order valence-electron chi connectivity index (χ3n) is 6.27. The minimum absolute atomic E-state index is 0.105. The molecule has 0 bridgehead atoms. The summed E-state index contributed by atoms with van der Waals surface area (Å²) in [5, 5.41) is 3.84. The quantitative estimate of drug-likeness (QED) is 0.392. The lowest BCUT2D eigenvalue weighted by molar-refractivity contribution is -0.114. The third-order valence-corrected chi connectivity index (χ3v) is 6.27. The van der Waals surface area contributed by atoms with E-state index in [1.165, 1.54) is 32.6 Å². The van der Waals surface area contributed by atoms with Gasteiger partial charge in [-0.15, -0.1) is 0 Å². The van der Waals surface area contributed by atoms with E-state index in [0.29, 0.717) is 17.5 Å². The van der Waals surface area contributed by atoms with Gasteiger partial charge in [0.1, 0.15) is 0 Å². The maximum absolute atomic E-state index is 11.5. The highest BCUT2D eigenvalue weighted by Gasteiger charge is 2.18. The Kier molecular flexibility index (Phi) is 12.8. The highest BCUT2D eigenvalue weighted by Crippen LogP contribution is 2.38. The van der Waals surface area contributed by atoms with Crippen molar-refractivity contribution in [3.05, 3.63) is 23.9 Å². The standard InChI is InChI=1S/C17H22N2O3.C10H23N/c1-6-10(2)17-12-7-15(21-4)16(22-5)8-13(12)18-9-14(17)19-11(3)20;1-4-7-9(5-2)8-10(11)6-3/h7-10H,6H2,1-5H3,(H,19,20);9-10H,4-8,11H2,1-3H3. The van der Waals surface area contributed by atoms with Crippen LogP contribution in [0.1, 0.15) is 91.5 Å². The molecule has 0 saturated heterocycles. The minimum Gasteiger partial charge on any atom is -0.493 e. The maximum Gasteiger partial charge on any atom is 0.221 e. The van der Waals surface area contributed by atoms with Crippen molar-refractivity contribution in [1.82, 2.24) is 4.98 Å². The van der Waals surface area contributed by atoms with E-state index in [1.54, 1.807) is 20.4 Å². The highest BCUT2D eigenvalue weighted by molar-refractivity contribution is 5.96. The van der Waals surface area contributed by atoms with E-state index < -0.39 is 0 Å². The monoisotopic (exact) mass is 459 g/mol. The van der Waals surface area contributed by atoms with Crippen molar-refractivity contribution < 1.29 is 14.3 Å². The number of anilines is 1. The predicted octanol–water partition coefficient (Wildman–Crippen LogP) is 6.66. The fourth-order valence-corrected chi connectivity index (χ4v) is 4.06. The van der Waals surface area contributed by atoms with Gasteiger partial charge in [-0.2, -0.15) is 0 Å². The van der Waals surface area contributed by atoms with Crippen molar-refractivity contribution in [1.29, 1.82) is 0 Å².